The molecule has 0 aliphatic carbocycles. The summed E-state index contributed by atoms with van der Waals surface area (Å²) in [5, 5.41) is 0.404. The molecule has 0 spiro atoms. The van der Waals surface area contributed by atoms with Gasteiger partial charge in [0.05, 0.1) is 22.6 Å². The van der Waals surface area contributed by atoms with Gasteiger partial charge in [-0.3, -0.25) is 9.97 Å². The van der Waals surface area contributed by atoms with Crippen LogP contribution in [0.2, 0.25) is 5.02 Å². The molecule has 0 aliphatic rings. The normalized spacial score (nSPS) is 12.8. The minimum atomic E-state index is -3.67. The number of sulfonamides is 1. The molecule has 0 amide bonds. The Labute approximate surface area is 184 Å². The second-order valence-electron chi connectivity index (χ2n) is 6.75. The summed E-state index contributed by atoms with van der Waals surface area (Å²) in [4.78, 5) is 10.9. The maximum absolute atomic E-state index is 14.4. The second kappa shape index (κ2) is 8.99. The number of fused-ring (bicyclic) bond motifs is 1. The topological polar surface area (TPSA) is 80.1 Å². The Bertz CT molecular complexity index is 1230. The summed E-state index contributed by atoms with van der Waals surface area (Å²) in [6.07, 6.45) is 5.68. The minimum Gasteiger partial charge on any atom is -0.336 e. The summed E-state index contributed by atoms with van der Waals surface area (Å²) in [5.74, 6) is -0.392. The summed E-state index contributed by atoms with van der Waals surface area (Å²) in [6, 6.07) is 3.23. The van der Waals surface area contributed by atoms with Gasteiger partial charge in [0.2, 0.25) is 10.0 Å². The molecule has 0 saturated heterocycles. The predicted octanol–water partition coefficient (Wildman–Crippen LogP) is 3.91. The first-order chi connectivity index (χ1) is 14.2. The van der Waals surface area contributed by atoms with Crippen molar-refractivity contribution in [2.75, 3.05) is 20.6 Å². The number of rotatable bonds is 7. The molecular weight excluding hydrogens is 452 g/mol. The van der Waals surface area contributed by atoms with Crippen molar-refractivity contribution in [1.29, 1.82) is 0 Å². The highest BCUT2D eigenvalue weighted by Gasteiger charge is 2.22. The zero-order valence-electron chi connectivity index (χ0n) is 16.5. The number of nitrogens with one attached hydrogen (secondary N) is 1. The van der Waals surface area contributed by atoms with Crippen LogP contribution >= 0.6 is 23.4 Å². The number of hydrogen-bond donors (Lipinski definition) is 1. The smallest absolute Gasteiger partial charge is 0.244 e. The average Bonchev–Trinajstić information content (AvgIpc) is 2.97. The van der Waals surface area contributed by atoms with Crippen molar-refractivity contribution in [3.8, 4) is 11.1 Å². The molecule has 160 valence electrons. The number of halogens is 3. The highest BCUT2D eigenvalue weighted by atomic mass is 35.5. The van der Waals surface area contributed by atoms with Crippen molar-refractivity contribution in [1.82, 2.24) is 23.7 Å². The van der Waals surface area contributed by atoms with E-state index in [4.69, 9.17) is 23.4 Å². The first-order valence-corrected chi connectivity index (χ1v) is 11.1. The number of nitrogens with zero attached hydrogens (tertiary/aromatic N) is 4. The van der Waals surface area contributed by atoms with Crippen LogP contribution in [0.4, 0.5) is 4.39 Å². The molecule has 1 N–H and O–H groups in total. The van der Waals surface area contributed by atoms with E-state index in [-0.39, 0.29) is 18.0 Å². The van der Waals surface area contributed by atoms with Gasteiger partial charge in [0.15, 0.2) is 0 Å². The fourth-order valence-corrected chi connectivity index (χ4v) is 4.26. The van der Waals surface area contributed by atoms with Gasteiger partial charge in [0, 0.05) is 56.1 Å². The standard InChI is InChI=1S/C19H20Cl2FN5O2S/c1-12-18(13-6-16(10-23-8-13)30(28,29)26(2)3)19-17(7-14(20)9-24-19)27(12)11-15(22)4-5-25-21/h4,6-10,25H,5,11H2,1-3H3/b15-4-. The second-order valence-corrected chi connectivity index (χ2v) is 9.61. The van der Waals surface area contributed by atoms with Gasteiger partial charge < -0.3 is 4.57 Å². The monoisotopic (exact) mass is 471 g/mol. The van der Waals surface area contributed by atoms with Crippen LogP contribution in [0.15, 0.2) is 47.5 Å². The zero-order valence-corrected chi connectivity index (χ0v) is 18.9. The number of allylic oxidation sites excluding steroid dienone is 1. The number of aromatic nitrogens is 3. The summed E-state index contributed by atoms with van der Waals surface area (Å²) < 4.78 is 42.3. The van der Waals surface area contributed by atoms with E-state index < -0.39 is 15.9 Å². The molecule has 0 fully saturated rings. The third-order valence-corrected chi connectivity index (χ3v) is 6.76. The van der Waals surface area contributed by atoms with Crippen LogP contribution in [-0.4, -0.2) is 47.9 Å². The van der Waals surface area contributed by atoms with Gasteiger partial charge in [-0.1, -0.05) is 11.6 Å². The lowest BCUT2D eigenvalue weighted by Gasteiger charge is -2.12. The maximum atomic E-state index is 14.4. The first kappa shape index (κ1) is 22.6. The van der Waals surface area contributed by atoms with E-state index in [0.29, 0.717) is 32.9 Å². The third kappa shape index (κ3) is 4.35. The SMILES string of the molecule is Cc1c(-c2cncc(S(=O)(=O)N(C)C)c2)c2ncc(Cl)cc2n1C/C(F)=C/CNCl. The first-order valence-electron chi connectivity index (χ1n) is 8.87. The molecule has 11 heteroatoms. The van der Waals surface area contributed by atoms with E-state index in [2.05, 4.69) is 14.8 Å². The molecule has 3 aromatic heterocycles. The summed E-state index contributed by atoms with van der Waals surface area (Å²) in [6.45, 7) is 1.93. The van der Waals surface area contributed by atoms with Crippen molar-refractivity contribution in [2.24, 2.45) is 0 Å². The van der Waals surface area contributed by atoms with Crippen molar-refractivity contribution in [3.05, 3.63) is 53.3 Å². The third-order valence-electron chi connectivity index (χ3n) is 4.62. The Morgan fingerprint density at radius 2 is 2.03 bits per heavy atom. The number of hydrogen-bond acceptors (Lipinski definition) is 5. The summed E-state index contributed by atoms with van der Waals surface area (Å²) in [5.41, 5.74) is 3.11. The summed E-state index contributed by atoms with van der Waals surface area (Å²) >= 11 is 11.5. The Morgan fingerprint density at radius 3 is 2.70 bits per heavy atom. The maximum Gasteiger partial charge on any atom is 0.244 e. The molecule has 7 nitrogen and oxygen atoms in total. The molecule has 0 aromatic carbocycles. The molecule has 3 rings (SSSR count). The molecule has 3 heterocycles. The van der Waals surface area contributed by atoms with Gasteiger partial charge in [-0.05, 0) is 36.9 Å². The van der Waals surface area contributed by atoms with Crippen LogP contribution in [0, 0.1) is 6.92 Å². The van der Waals surface area contributed by atoms with E-state index in [0.717, 1.165) is 4.31 Å². The summed E-state index contributed by atoms with van der Waals surface area (Å²) in [7, 11) is -0.765. The van der Waals surface area contributed by atoms with Crippen molar-refractivity contribution < 1.29 is 12.8 Å². The lowest BCUT2D eigenvalue weighted by molar-refractivity contribution is 0.520. The Balaban J connectivity index is 2.22. The van der Waals surface area contributed by atoms with E-state index >= 15 is 0 Å². The molecule has 0 unspecified atom stereocenters. The van der Waals surface area contributed by atoms with E-state index in [1.807, 2.05) is 6.92 Å². The van der Waals surface area contributed by atoms with Crippen LogP contribution in [-0.2, 0) is 16.6 Å². The van der Waals surface area contributed by atoms with Gasteiger partial charge in [0.1, 0.15) is 10.7 Å². The molecule has 3 aromatic rings. The van der Waals surface area contributed by atoms with E-state index in [1.54, 1.807) is 16.8 Å². The van der Waals surface area contributed by atoms with Gasteiger partial charge in [-0.2, -0.15) is 0 Å². The fourth-order valence-electron chi connectivity index (χ4n) is 3.14. The minimum absolute atomic E-state index is 0.0496. The number of pyridine rings is 2. The van der Waals surface area contributed by atoms with Crippen LogP contribution in [0.1, 0.15) is 5.69 Å². The highest BCUT2D eigenvalue weighted by molar-refractivity contribution is 7.89. The van der Waals surface area contributed by atoms with E-state index in [1.165, 1.54) is 38.6 Å². The van der Waals surface area contributed by atoms with Crippen LogP contribution < -0.4 is 4.84 Å². The molecule has 0 bridgehead atoms. The molecule has 0 saturated carbocycles. The quantitative estimate of drug-likeness (QED) is 0.528. The van der Waals surface area contributed by atoms with Crippen LogP contribution in [0.5, 0.6) is 0 Å². The van der Waals surface area contributed by atoms with Crippen molar-refractivity contribution in [3.63, 3.8) is 0 Å². The van der Waals surface area contributed by atoms with Gasteiger partial charge in [-0.15, -0.1) is 0 Å². The van der Waals surface area contributed by atoms with Crippen LogP contribution in [0.3, 0.4) is 0 Å². The van der Waals surface area contributed by atoms with Gasteiger partial charge >= 0.3 is 0 Å². The Morgan fingerprint density at radius 1 is 1.30 bits per heavy atom. The van der Waals surface area contributed by atoms with Crippen LogP contribution in [0.25, 0.3) is 22.2 Å². The van der Waals surface area contributed by atoms with Crippen molar-refractivity contribution >= 4 is 44.4 Å². The predicted molar refractivity (Wildman–Crippen MR) is 117 cm³/mol. The lowest BCUT2D eigenvalue weighted by Crippen LogP contribution is -2.22. The Hall–Kier alpha value is -2.04. The molecule has 0 atom stereocenters. The lowest BCUT2D eigenvalue weighted by atomic mass is 10.1. The van der Waals surface area contributed by atoms with Crippen molar-refractivity contribution in [2.45, 2.75) is 18.4 Å². The largest absolute Gasteiger partial charge is 0.336 e. The zero-order chi connectivity index (χ0) is 22.1. The molecular formula is C19H20Cl2FN5O2S. The van der Waals surface area contributed by atoms with Gasteiger partial charge in [0.25, 0.3) is 0 Å². The van der Waals surface area contributed by atoms with E-state index in [9.17, 15) is 12.8 Å². The molecule has 0 radical (unpaired) electrons. The average molecular weight is 472 g/mol. The molecule has 30 heavy (non-hydrogen) atoms. The fraction of sp³-hybridized carbons (Fsp3) is 0.263. The Kier molecular flexibility index (Phi) is 6.78. The van der Waals surface area contributed by atoms with Gasteiger partial charge in [-0.25, -0.2) is 21.9 Å². The molecule has 0 aliphatic heterocycles. The highest BCUT2D eigenvalue weighted by Crippen LogP contribution is 2.35.